The number of nitrogens with zero attached hydrogens (tertiary/aromatic N) is 2. The molecule has 27 heavy (non-hydrogen) atoms. The topological polar surface area (TPSA) is 110 Å². The van der Waals surface area contributed by atoms with Crippen LogP contribution in [0.5, 0.6) is 0 Å². The van der Waals surface area contributed by atoms with Gasteiger partial charge >= 0.3 is 5.69 Å². The van der Waals surface area contributed by atoms with Gasteiger partial charge in [-0.2, -0.15) is 0 Å². The molecule has 1 aromatic heterocycles. The van der Waals surface area contributed by atoms with Gasteiger partial charge in [0.25, 0.3) is 5.56 Å². The molecule has 8 nitrogen and oxygen atoms in total. The number of rotatable bonds is 8. The van der Waals surface area contributed by atoms with Crippen molar-refractivity contribution >= 4 is 17.4 Å². The van der Waals surface area contributed by atoms with Gasteiger partial charge in [-0.1, -0.05) is 19.1 Å². The van der Waals surface area contributed by atoms with Crippen molar-refractivity contribution in [3.8, 4) is 0 Å². The van der Waals surface area contributed by atoms with Crippen molar-refractivity contribution in [3.63, 3.8) is 0 Å². The standard InChI is InChI=1S/C18H23FN4O4/c1-3-8-23-16(20)15(17(25)21-18(23)26)22(9-10-27-2)14(24)11-12-4-6-13(19)7-5-12/h4-7H,3,8-11,20H2,1-2H3,(H,21,25,26). The Hall–Kier alpha value is -2.94. The molecule has 0 saturated heterocycles. The Morgan fingerprint density at radius 2 is 1.96 bits per heavy atom. The van der Waals surface area contributed by atoms with Gasteiger partial charge in [-0.3, -0.25) is 19.1 Å². The molecular formula is C18H23FN4O4. The highest BCUT2D eigenvalue weighted by Crippen LogP contribution is 2.18. The van der Waals surface area contributed by atoms with Gasteiger partial charge in [-0.05, 0) is 24.1 Å². The number of hydrogen-bond acceptors (Lipinski definition) is 5. The fourth-order valence-corrected chi connectivity index (χ4v) is 2.70. The summed E-state index contributed by atoms with van der Waals surface area (Å²) in [5.74, 6) is -0.901. The summed E-state index contributed by atoms with van der Waals surface area (Å²) >= 11 is 0. The fraction of sp³-hybridized carbons (Fsp3) is 0.389. The first-order valence-electron chi connectivity index (χ1n) is 8.55. The maximum Gasteiger partial charge on any atom is 0.330 e. The lowest BCUT2D eigenvalue weighted by atomic mass is 10.1. The van der Waals surface area contributed by atoms with E-state index in [1.54, 1.807) is 0 Å². The van der Waals surface area contributed by atoms with Gasteiger partial charge in [0, 0.05) is 20.2 Å². The first-order chi connectivity index (χ1) is 12.9. The molecule has 0 aliphatic rings. The molecule has 9 heteroatoms. The number of methoxy groups -OCH3 is 1. The fourth-order valence-electron chi connectivity index (χ4n) is 2.70. The van der Waals surface area contributed by atoms with E-state index in [0.29, 0.717) is 18.5 Å². The van der Waals surface area contributed by atoms with E-state index >= 15 is 0 Å². The molecule has 146 valence electrons. The van der Waals surface area contributed by atoms with Crippen molar-refractivity contribution in [2.45, 2.75) is 26.3 Å². The number of H-pyrrole nitrogens is 1. The lowest BCUT2D eigenvalue weighted by molar-refractivity contribution is -0.118. The number of anilines is 2. The summed E-state index contributed by atoms with van der Waals surface area (Å²) in [5.41, 5.74) is 5.18. The Kier molecular flexibility index (Phi) is 6.89. The number of nitrogens with two attached hydrogens (primary N) is 1. The minimum atomic E-state index is -0.742. The zero-order chi connectivity index (χ0) is 20.0. The average molecular weight is 378 g/mol. The Labute approximate surface area is 155 Å². The van der Waals surface area contributed by atoms with E-state index in [-0.39, 0.29) is 31.1 Å². The van der Waals surface area contributed by atoms with Gasteiger partial charge in [0.2, 0.25) is 5.91 Å². The first kappa shape index (κ1) is 20.4. The SMILES string of the molecule is CCCn1c(N)c(N(CCOC)C(=O)Cc2ccc(F)cc2)c(=O)[nH]c1=O. The number of nitrogen functional groups attached to an aromatic ring is 1. The smallest absolute Gasteiger partial charge is 0.330 e. The number of ether oxygens (including phenoxy) is 1. The molecule has 1 aromatic carbocycles. The lowest BCUT2D eigenvalue weighted by Gasteiger charge is -2.24. The van der Waals surface area contributed by atoms with Crippen LogP contribution in [0.4, 0.5) is 15.9 Å². The molecule has 0 radical (unpaired) electrons. The van der Waals surface area contributed by atoms with Crippen LogP contribution in [-0.4, -0.2) is 35.7 Å². The van der Waals surface area contributed by atoms with Gasteiger partial charge in [0.15, 0.2) is 5.69 Å². The highest BCUT2D eigenvalue weighted by atomic mass is 19.1. The second-order valence-electron chi connectivity index (χ2n) is 5.99. The van der Waals surface area contributed by atoms with Crippen LogP contribution in [0.1, 0.15) is 18.9 Å². The van der Waals surface area contributed by atoms with E-state index in [2.05, 4.69) is 4.98 Å². The van der Waals surface area contributed by atoms with Crippen molar-refractivity contribution in [2.75, 3.05) is 30.9 Å². The zero-order valence-electron chi connectivity index (χ0n) is 15.3. The normalized spacial score (nSPS) is 10.8. The molecule has 1 amide bonds. The van der Waals surface area contributed by atoms with Crippen molar-refractivity contribution in [3.05, 3.63) is 56.5 Å². The van der Waals surface area contributed by atoms with Crippen LogP contribution < -0.4 is 21.9 Å². The Balaban J connectivity index is 2.45. The highest BCUT2D eigenvalue weighted by molar-refractivity contribution is 5.96. The second kappa shape index (κ2) is 9.13. The van der Waals surface area contributed by atoms with E-state index in [4.69, 9.17) is 10.5 Å². The number of carbonyl (C=O) groups is 1. The van der Waals surface area contributed by atoms with Crippen molar-refractivity contribution in [1.82, 2.24) is 9.55 Å². The third-order valence-corrected chi connectivity index (χ3v) is 4.02. The predicted octanol–water partition coefficient (Wildman–Crippen LogP) is 0.890. The number of amides is 1. The molecular weight excluding hydrogens is 355 g/mol. The summed E-state index contributed by atoms with van der Waals surface area (Å²) in [6, 6.07) is 5.50. The molecule has 0 aliphatic carbocycles. The van der Waals surface area contributed by atoms with Crippen molar-refractivity contribution in [2.24, 2.45) is 0 Å². The minimum absolute atomic E-state index is 0.0597. The molecule has 0 bridgehead atoms. The van der Waals surface area contributed by atoms with Crippen LogP contribution in [0, 0.1) is 5.82 Å². The third kappa shape index (κ3) is 4.82. The van der Waals surface area contributed by atoms with Gasteiger partial charge in [-0.15, -0.1) is 0 Å². The van der Waals surface area contributed by atoms with E-state index in [0.717, 1.165) is 0 Å². The first-order valence-corrected chi connectivity index (χ1v) is 8.55. The molecule has 1 heterocycles. The maximum absolute atomic E-state index is 13.1. The zero-order valence-corrected chi connectivity index (χ0v) is 15.3. The summed E-state index contributed by atoms with van der Waals surface area (Å²) in [5, 5.41) is 0. The molecule has 0 saturated carbocycles. The van der Waals surface area contributed by atoms with Gasteiger partial charge < -0.3 is 15.4 Å². The van der Waals surface area contributed by atoms with Gasteiger partial charge in [0.1, 0.15) is 11.6 Å². The van der Waals surface area contributed by atoms with Crippen LogP contribution in [0.2, 0.25) is 0 Å². The van der Waals surface area contributed by atoms with Gasteiger partial charge in [-0.25, -0.2) is 9.18 Å². The van der Waals surface area contributed by atoms with Crippen LogP contribution in [0.15, 0.2) is 33.9 Å². The summed E-state index contributed by atoms with van der Waals surface area (Å²) < 4.78 is 19.3. The maximum atomic E-state index is 13.1. The Morgan fingerprint density at radius 1 is 1.30 bits per heavy atom. The lowest BCUT2D eigenvalue weighted by Crippen LogP contribution is -2.43. The summed E-state index contributed by atoms with van der Waals surface area (Å²) in [6.45, 7) is 2.41. The molecule has 0 aliphatic heterocycles. The highest BCUT2D eigenvalue weighted by Gasteiger charge is 2.24. The van der Waals surface area contributed by atoms with E-state index in [9.17, 15) is 18.8 Å². The molecule has 2 rings (SSSR count). The molecule has 0 atom stereocenters. The number of benzene rings is 1. The largest absolute Gasteiger partial charge is 0.383 e. The number of aromatic nitrogens is 2. The number of carbonyl (C=O) groups excluding carboxylic acids is 1. The van der Waals surface area contributed by atoms with E-state index < -0.39 is 23.0 Å². The summed E-state index contributed by atoms with van der Waals surface area (Å²) in [4.78, 5) is 40.6. The van der Waals surface area contributed by atoms with Crippen LogP contribution in [-0.2, 0) is 22.5 Å². The van der Waals surface area contributed by atoms with Crippen LogP contribution >= 0.6 is 0 Å². The Morgan fingerprint density at radius 3 is 2.56 bits per heavy atom. The van der Waals surface area contributed by atoms with Gasteiger partial charge in [0.05, 0.1) is 13.0 Å². The summed E-state index contributed by atoms with van der Waals surface area (Å²) in [6.07, 6.45) is 0.562. The Bertz CT molecular complexity index is 905. The number of aromatic amines is 1. The minimum Gasteiger partial charge on any atom is -0.383 e. The monoisotopic (exact) mass is 378 g/mol. The quantitative estimate of drug-likeness (QED) is 0.709. The molecule has 0 spiro atoms. The molecule has 2 aromatic rings. The number of halogens is 1. The molecule has 3 N–H and O–H groups in total. The summed E-state index contributed by atoms with van der Waals surface area (Å²) in [7, 11) is 1.47. The van der Waals surface area contributed by atoms with Crippen LogP contribution in [0.25, 0.3) is 0 Å². The van der Waals surface area contributed by atoms with Crippen molar-refractivity contribution in [1.29, 1.82) is 0 Å². The second-order valence-corrected chi connectivity index (χ2v) is 5.99. The predicted molar refractivity (Wildman–Crippen MR) is 100 cm³/mol. The van der Waals surface area contributed by atoms with E-state index in [1.165, 1.54) is 40.8 Å². The third-order valence-electron chi connectivity index (χ3n) is 4.02. The van der Waals surface area contributed by atoms with E-state index in [1.807, 2.05) is 6.92 Å². The molecule has 0 fully saturated rings. The average Bonchev–Trinajstić information content (AvgIpc) is 2.63. The number of nitrogens with one attached hydrogen (secondary N) is 1. The molecule has 0 unspecified atom stereocenters. The van der Waals surface area contributed by atoms with Crippen molar-refractivity contribution < 1.29 is 13.9 Å². The number of hydrogen-bond donors (Lipinski definition) is 2. The van der Waals surface area contributed by atoms with Crippen LogP contribution in [0.3, 0.4) is 0 Å².